The molecule has 1 aliphatic rings. The number of rotatable bonds is 5. The van der Waals surface area contributed by atoms with Gasteiger partial charge in [0.25, 0.3) is 0 Å². The molecule has 0 spiro atoms. The summed E-state index contributed by atoms with van der Waals surface area (Å²) in [6.07, 6.45) is 5.77. The molecule has 3 heteroatoms. The van der Waals surface area contributed by atoms with Crippen LogP contribution in [-0.2, 0) is 11.2 Å². The molecule has 0 radical (unpaired) electrons. The van der Waals surface area contributed by atoms with Gasteiger partial charge in [0, 0.05) is 17.7 Å². The lowest BCUT2D eigenvalue weighted by atomic mass is 10.00. The third-order valence-electron chi connectivity index (χ3n) is 3.32. The fourth-order valence-electron chi connectivity index (χ4n) is 2.32. The van der Waals surface area contributed by atoms with Gasteiger partial charge in [0.2, 0.25) is 0 Å². The second-order valence-corrected chi connectivity index (χ2v) is 5.18. The number of halogens is 1. The van der Waals surface area contributed by atoms with E-state index >= 15 is 0 Å². The molecule has 1 saturated heterocycles. The van der Waals surface area contributed by atoms with Crippen LogP contribution in [0.15, 0.2) is 24.3 Å². The van der Waals surface area contributed by atoms with Crippen molar-refractivity contribution in [3.8, 4) is 0 Å². The third-order valence-corrected chi connectivity index (χ3v) is 3.69. The fourth-order valence-corrected chi connectivity index (χ4v) is 2.53. The molecule has 0 aromatic heterocycles. The van der Waals surface area contributed by atoms with E-state index in [0.29, 0.717) is 6.10 Å². The maximum absolute atomic E-state index is 6.14. The van der Waals surface area contributed by atoms with Crippen LogP contribution in [-0.4, -0.2) is 18.8 Å². The third kappa shape index (κ3) is 3.98. The first-order chi connectivity index (χ1) is 8.25. The van der Waals surface area contributed by atoms with Crippen LogP contribution < -0.4 is 5.73 Å². The molecule has 94 valence electrons. The van der Waals surface area contributed by atoms with Crippen LogP contribution >= 0.6 is 11.6 Å². The standard InChI is InChI=1S/C14H20ClNO/c15-14-6-2-1-4-11(14)10-12(16)7-8-13-5-3-9-17-13/h1-2,4,6,12-13H,3,5,7-10,16H2. The first-order valence-corrected chi connectivity index (χ1v) is 6.74. The largest absolute Gasteiger partial charge is 0.378 e. The zero-order valence-electron chi connectivity index (χ0n) is 10.1. The summed E-state index contributed by atoms with van der Waals surface area (Å²) in [5, 5.41) is 0.820. The summed E-state index contributed by atoms with van der Waals surface area (Å²) in [7, 11) is 0. The molecule has 0 amide bonds. The minimum Gasteiger partial charge on any atom is -0.378 e. The van der Waals surface area contributed by atoms with Crippen molar-refractivity contribution in [3.05, 3.63) is 34.9 Å². The lowest BCUT2D eigenvalue weighted by Crippen LogP contribution is -2.24. The average molecular weight is 254 g/mol. The Labute approximate surface area is 108 Å². The number of nitrogens with two attached hydrogens (primary N) is 1. The van der Waals surface area contributed by atoms with E-state index in [1.165, 1.54) is 12.8 Å². The topological polar surface area (TPSA) is 35.2 Å². The number of hydrogen-bond donors (Lipinski definition) is 1. The summed E-state index contributed by atoms with van der Waals surface area (Å²) in [4.78, 5) is 0. The summed E-state index contributed by atoms with van der Waals surface area (Å²) < 4.78 is 5.60. The van der Waals surface area contributed by atoms with Gasteiger partial charge in [0.15, 0.2) is 0 Å². The molecule has 1 aromatic carbocycles. The van der Waals surface area contributed by atoms with Crippen LogP contribution in [0, 0.1) is 0 Å². The Hall–Kier alpha value is -0.570. The van der Waals surface area contributed by atoms with E-state index < -0.39 is 0 Å². The highest BCUT2D eigenvalue weighted by molar-refractivity contribution is 6.31. The molecule has 1 fully saturated rings. The van der Waals surface area contributed by atoms with E-state index in [0.717, 1.165) is 36.5 Å². The van der Waals surface area contributed by atoms with Crippen LogP contribution in [0.1, 0.15) is 31.2 Å². The first-order valence-electron chi connectivity index (χ1n) is 6.36. The van der Waals surface area contributed by atoms with Gasteiger partial charge in [0.1, 0.15) is 0 Å². The van der Waals surface area contributed by atoms with Crippen molar-refractivity contribution in [1.82, 2.24) is 0 Å². The van der Waals surface area contributed by atoms with Gasteiger partial charge in [-0.1, -0.05) is 29.8 Å². The van der Waals surface area contributed by atoms with Crippen molar-refractivity contribution in [2.75, 3.05) is 6.61 Å². The molecular weight excluding hydrogens is 234 g/mol. The van der Waals surface area contributed by atoms with E-state index in [-0.39, 0.29) is 6.04 Å². The predicted octanol–water partition coefficient (Wildman–Crippen LogP) is 3.17. The van der Waals surface area contributed by atoms with E-state index in [2.05, 4.69) is 0 Å². The average Bonchev–Trinajstić information content (AvgIpc) is 2.82. The Morgan fingerprint density at radius 2 is 2.24 bits per heavy atom. The second-order valence-electron chi connectivity index (χ2n) is 4.77. The van der Waals surface area contributed by atoms with E-state index in [4.69, 9.17) is 22.1 Å². The van der Waals surface area contributed by atoms with E-state index in [1.807, 2.05) is 24.3 Å². The Kier molecular flexibility index (Phi) is 4.84. The van der Waals surface area contributed by atoms with Crippen molar-refractivity contribution in [3.63, 3.8) is 0 Å². The lowest BCUT2D eigenvalue weighted by molar-refractivity contribution is 0.101. The molecule has 2 atom stereocenters. The molecule has 0 saturated carbocycles. The van der Waals surface area contributed by atoms with Gasteiger partial charge in [-0.15, -0.1) is 0 Å². The monoisotopic (exact) mass is 253 g/mol. The van der Waals surface area contributed by atoms with Crippen LogP contribution in [0.4, 0.5) is 0 Å². The summed E-state index contributed by atoms with van der Waals surface area (Å²) in [6.45, 7) is 0.921. The van der Waals surface area contributed by atoms with Crippen LogP contribution in [0.5, 0.6) is 0 Å². The van der Waals surface area contributed by atoms with Gasteiger partial charge in [-0.3, -0.25) is 0 Å². The molecule has 0 aliphatic carbocycles. The molecule has 1 aromatic rings. The number of benzene rings is 1. The Balaban J connectivity index is 1.76. The van der Waals surface area contributed by atoms with Crippen molar-refractivity contribution >= 4 is 11.6 Å². The maximum atomic E-state index is 6.14. The zero-order chi connectivity index (χ0) is 12.1. The molecule has 17 heavy (non-hydrogen) atoms. The van der Waals surface area contributed by atoms with Crippen LogP contribution in [0.25, 0.3) is 0 Å². The van der Waals surface area contributed by atoms with Crippen molar-refractivity contribution in [1.29, 1.82) is 0 Å². The zero-order valence-corrected chi connectivity index (χ0v) is 10.8. The summed E-state index contributed by atoms with van der Waals surface area (Å²) in [6, 6.07) is 8.11. The van der Waals surface area contributed by atoms with Gasteiger partial charge >= 0.3 is 0 Å². The second kappa shape index (κ2) is 6.39. The molecule has 1 heterocycles. The van der Waals surface area contributed by atoms with Crippen molar-refractivity contribution in [2.45, 2.75) is 44.2 Å². The quantitative estimate of drug-likeness (QED) is 0.875. The van der Waals surface area contributed by atoms with Gasteiger partial charge in [-0.2, -0.15) is 0 Å². The lowest BCUT2D eigenvalue weighted by Gasteiger charge is -2.15. The maximum Gasteiger partial charge on any atom is 0.0576 e. The summed E-state index contributed by atoms with van der Waals surface area (Å²) >= 11 is 6.12. The van der Waals surface area contributed by atoms with Crippen LogP contribution in [0.2, 0.25) is 5.02 Å². The predicted molar refractivity (Wildman–Crippen MR) is 71.3 cm³/mol. The molecule has 1 aliphatic heterocycles. The fraction of sp³-hybridized carbons (Fsp3) is 0.571. The summed E-state index contributed by atoms with van der Waals surface area (Å²) in [5.74, 6) is 0. The summed E-state index contributed by atoms with van der Waals surface area (Å²) in [5.41, 5.74) is 7.29. The van der Waals surface area contributed by atoms with Gasteiger partial charge in [-0.05, 0) is 43.7 Å². The van der Waals surface area contributed by atoms with Gasteiger partial charge < -0.3 is 10.5 Å². The van der Waals surface area contributed by atoms with Crippen molar-refractivity contribution in [2.24, 2.45) is 5.73 Å². The molecule has 2 N–H and O–H groups in total. The van der Waals surface area contributed by atoms with E-state index in [9.17, 15) is 0 Å². The number of ether oxygens (including phenoxy) is 1. The molecule has 0 bridgehead atoms. The van der Waals surface area contributed by atoms with Gasteiger partial charge in [-0.25, -0.2) is 0 Å². The molecule has 2 unspecified atom stereocenters. The van der Waals surface area contributed by atoms with Crippen molar-refractivity contribution < 1.29 is 4.74 Å². The highest BCUT2D eigenvalue weighted by Crippen LogP contribution is 2.20. The molecule has 2 rings (SSSR count). The first kappa shape index (κ1) is 12.9. The highest BCUT2D eigenvalue weighted by Gasteiger charge is 2.16. The van der Waals surface area contributed by atoms with Gasteiger partial charge in [0.05, 0.1) is 6.10 Å². The highest BCUT2D eigenvalue weighted by atomic mass is 35.5. The number of hydrogen-bond acceptors (Lipinski definition) is 2. The molecule has 2 nitrogen and oxygen atoms in total. The Bertz CT molecular complexity index is 350. The normalized spacial score (nSPS) is 21.6. The molecular formula is C14H20ClNO. The Morgan fingerprint density at radius 3 is 2.94 bits per heavy atom. The Morgan fingerprint density at radius 1 is 1.41 bits per heavy atom. The SMILES string of the molecule is NC(CCC1CCCO1)Cc1ccccc1Cl. The smallest absolute Gasteiger partial charge is 0.0576 e. The van der Waals surface area contributed by atoms with Crippen LogP contribution in [0.3, 0.4) is 0 Å². The minimum absolute atomic E-state index is 0.180. The van der Waals surface area contributed by atoms with E-state index in [1.54, 1.807) is 0 Å². The minimum atomic E-state index is 0.180.